The number of benzene rings is 1. The minimum absolute atomic E-state index is 0.0117. The monoisotopic (exact) mass is 265 g/mol. The lowest BCUT2D eigenvalue weighted by molar-refractivity contribution is -0.384. The minimum atomic E-state index is -0.521. The van der Waals surface area contributed by atoms with E-state index in [1.54, 1.807) is 32.0 Å². The number of nitro groups is 1. The topological polar surface area (TPSA) is 84.3 Å². The molecule has 1 rings (SSSR count). The fourth-order valence-electron chi connectivity index (χ4n) is 1.72. The summed E-state index contributed by atoms with van der Waals surface area (Å²) in [7, 11) is 0. The van der Waals surface area contributed by atoms with Crippen molar-refractivity contribution in [2.75, 3.05) is 11.9 Å². The second kappa shape index (κ2) is 6.72. The molecule has 1 aromatic carbocycles. The third-order valence-corrected chi connectivity index (χ3v) is 2.73. The molecule has 0 fully saturated rings. The molecule has 6 nitrogen and oxygen atoms in total. The van der Waals surface area contributed by atoms with Gasteiger partial charge in [-0.25, -0.2) is 0 Å². The van der Waals surface area contributed by atoms with Crippen LogP contribution in [0, 0.1) is 17.0 Å². The van der Waals surface area contributed by atoms with Gasteiger partial charge in [-0.2, -0.15) is 0 Å². The van der Waals surface area contributed by atoms with Crippen LogP contribution in [0.25, 0.3) is 0 Å². The molecule has 0 aliphatic carbocycles. The van der Waals surface area contributed by atoms with E-state index in [-0.39, 0.29) is 11.6 Å². The van der Waals surface area contributed by atoms with Crippen LogP contribution < -0.4 is 10.6 Å². The number of carbonyl (C=O) groups is 1. The highest BCUT2D eigenvalue weighted by atomic mass is 16.6. The Balaban J connectivity index is 2.85. The van der Waals surface area contributed by atoms with Gasteiger partial charge >= 0.3 is 0 Å². The van der Waals surface area contributed by atoms with Gasteiger partial charge in [0.15, 0.2) is 0 Å². The van der Waals surface area contributed by atoms with Crippen LogP contribution in [-0.2, 0) is 4.79 Å². The van der Waals surface area contributed by atoms with Crippen LogP contribution in [0.1, 0.15) is 25.8 Å². The molecule has 0 saturated heterocycles. The first-order valence-electron chi connectivity index (χ1n) is 6.25. The quantitative estimate of drug-likeness (QED) is 0.610. The number of aryl methyl sites for hydroxylation is 1. The summed E-state index contributed by atoms with van der Waals surface area (Å²) >= 11 is 0. The highest BCUT2D eigenvalue weighted by Crippen LogP contribution is 2.28. The van der Waals surface area contributed by atoms with Gasteiger partial charge in [0.1, 0.15) is 11.7 Å². The summed E-state index contributed by atoms with van der Waals surface area (Å²) in [6, 6.07) is 4.48. The van der Waals surface area contributed by atoms with Crippen molar-refractivity contribution in [2.24, 2.45) is 0 Å². The SMILES string of the molecule is CCCNC(=O)C(C)Nc1cccc(C)c1[N+](=O)[O-]. The molecule has 1 aromatic rings. The van der Waals surface area contributed by atoms with Crippen molar-refractivity contribution in [3.8, 4) is 0 Å². The number of carbonyl (C=O) groups excluding carboxylic acids is 1. The third-order valence-electron chi connectivity index (χ3n) is 2.73. The lowest BCUT2D eigenvalue weighted by atomic mass is 10.1. The van der Waals surface area contributed by atoms with E-state index in [2.05, 4.69) is 10.6 Å². The van der Waals surface area contributed by atoms with Gasteiger partial charge < -0.3 is 10.6 Å². The highest BCUT2D eigenvalue weighted by Gasteiger charge is 2.20. The molecule has 0 radical (unpaired) electrons. The number of para-hydroxylation sites is 1. The van der Waals surface area contributed by atoms with Gasteiger partial charge in [-0.1, -0.05) is 19.1 Å². The summed E-state index contributed by atoms with van der Waals surface area (Å²) in [5.41, 5.74) is 0.943. The lowest BCUT2D eigenvalue weighted by Gasteiger charge is -2.15. The van der Waals surface area contributed by atoms with E-state index in [4.69, 9.17) is 0 Å². The molecule has 6 heteroatoms. The molecule has 0 aliphatic heterocycles. The molecule has 0 bridgehead atoms. The number of anilines is 1. The molecule has 19 heavy (non-hydrogen) atoms. The Morgan fingerprint density at radius 3 is 2.74 bits per heavy atom. The van der Waals surface area contributed by atoms with Crippen LogP contribution in [-0.4, -0.2) is 23.4 Å². The maximum Gasteiger partial charge on any atom is 0.295 e. The summed E-state index contributed by atoms with van der Waals surface area (Å²) in [5, 5.41) is 16.7. The van der Waals surface area contributed by atoms with Crippen molar-refractivity contribution in [2.45, 2.75) is 33.2 Å². The first kappa shape index (κ1) is 14.9. The van der Waals surface area contributed by atoms with E-state index >= 15 is 0 Å². The summed E-state index contributed by atoms with van der Waals surface area (Å²) in [4.78, 5) is 22.3. The molecule has 2 N–H and O–H groups in total. The molecule has 1 unspecified atom stereocenters. The Morgan fingerprint density at radius 2 is 2.16 bits per heavy atom. The maximum atomic E-state index is 11.7. The van der Waals surface area contributed by atoms with Gasteiger partial charge in [0.2, 0.25) is 5.91 Å². The Labute approximate surface area is 112 Å². The second-order valence-corrected chi connectivity index (χ2v) is 4.39. The third kappa shape index (κ3) is 3.94. The van der Waals surface area contributed by atoms with E-state index in [0.29, 0.717) is 17.8 Å². The fourth-order valence-corrected chi connectivity index (χ4v) is 1.72. The summed E-state index contributed by atoms with van der Waals surface area (Å²) in [6.07, 6.45) is 0.850. The van der Waals surface area contributed by atoms with E-state index < -0.39 is 11.0 Å². The average molecular weight is 265 g/mol. The molecule has 0 aromatic heterocycles. The van der Waals surface area contributed by atoms with E-state index in [1.807, 2.05) is 6.92 Å². The lowest BCUT2D eigenvalue weighted by Crippen LogP contribution is -2.38. The van der Waals surface area contributed by atoms with E-state index in [0.717, 1.165) is 6.42 Å². The van der Waals surface area contributed by atoms with Crippen LogP contribution >= 0.6 is 0 Å². The Morgan fingerprint density at radius 1 is 1.47 bits per heavy atom. The molecule has 104 valence electrons. The Bertz CT molecular complexity index is 474. The molecule has 0 spiro atoms. The van der Waals surface area contributed by atoms with E-state index in [9.17, 15) is 14.9 Å². The van der Waals surface area contributed by atoms with Gasteiger partial charge in [0.25, 0.3) is 5.69 Å². The van der Waals surface area contributed by atoms with Crippen molar-refractivity contribution in [3.05, 3.63) is 33.9 Å². The molecule has 0 heterocycles. The molecule has 0 aliphatic rings. The summed E-state index contributed by atoms with van der Waals surface area (Å²) < 4.78 is 0. The van der Waals surface area contributed by atoms with Gasteiger partial charge in [-0.15, -0.1) is 0 Å². The average Bonchev–Trinajstić information content (AvgIpc) is 2.35. The minimum Gasteiger partial charge on any atom is -0.368 e. The number of hydrogen-bond donors (Lipinski definition) is 2. The van der Waals surface area contributed by atoms with Crippen LogP contribution in [0.3, 0.4) is 0 Å². The van der Waals surface area contributed by atoms with Gasteiger partial charge in [-0.05, 0) is 26.3 Å². The maximum absolute atomic E-state index is 11.7. The zero-order chi connectivity index (χ0) is 14.4. The van der Waals surface area contributed by atoms with E-state index in [1.165, 1.54) is 0 Å². The Kier molecular flexibility index (Phi) is 5.29. The van der Waals surface area contributed by atoms with Crippen molar-refractivity contribution in [3.63, 3.8) is 0 Å². The zero-order valence-corrected chi connectivity index (χ0v) is 11.4. The predicted molar refractivity (Wildman–Crippen MR) is 74.2 cm³/mol. The number of rotatable bonds is 6. The first-order valence-corrected chi connectivity index (χ1v) is 6.25. The first-order chi connectivity index (χ1) is 8.97. The van der Waals surface area contributed by atoms with Gasteiger partial charge in [0, 0.05) is 12.1 Å². The molecular formula is C13H19N3O3. The van der Waals surface area contributed by atoms with Crippen LogP contribution in [0.4, 0.5) is 11.4 Å². The van der Waals surface area contributed by atoms with Crippen molar-refractivity contribution >= 4 is 17.3 Å². The fraction of sp³-hybridized carbons (Fsp3) is 0.462. The molecule has 1 atom stereocenters. The van der Waals surface area contributed by atoms with Crippen molar-refractivity contribution in [1.29, 1.82) is 0 Å². The van der Waals surface area contributed by atoms with Crippen LogP contribution in [0.15, 0.2) is 18.2 Å². The largest absolute Gasteiger partial charge is 0.368 e. The smallest absolute Gasteiger partial charge is 0.295 e. The van der Waals surface area contributed by atoms with Gasteiger partial charge in [0.05, 0.1) is 4.92 Å². The highest BCUT2D eigenvalue weighted by molar-refractivity contribution is 5.85. The number of hydrogen-bond acceptors (Lipinski definition) is 4. The van der Waals surface area contributed by atoms with Crippen LogP contribution in [0.2, 0.25) is 0 Å². The number of nitrogens with one attached hydrogen (secondary N) is 2. The normalized spacial score (nSPS) is 11.7. The van der Waals surface area contributed by atoms with Crippen molar-refractivity contribution < 1.29 is 9.72 Å². The number of nitro benzene ring substituents is 1. The zero-order valence-electron chi connectivity index (χ0n) is 11.4. The second-order valence-electron chi connectivity index (χ2n) is 4.39. The predicted octanol–water partition coefficient (Wildman–Crippen LogP) is 2.23. The Hall–Kier alpha value is -2.11. The number of amides is 1. The standard InChI is InChI=1S/C13H19N3O3/c1-4-8-14-13(17)10(3)15-11-7-5-6-9(2)12(11)16(18)19/h5-7,10,15H,4,8H2,1-3H3,(H,14,17). The van der Waals surface area contributed by atoms with Crippen LogP contribution in [0.5, 0.6) is 0 Å². The van der Waals surface area contributed by atoms with Crippen molar-refractivity contribution in [1.82, 2.24) is 5.32 Å². The summed E-state index contributed by atoms with van der Waals surface area (Å²) in [5.74, 6) is -0.169. The molecule has 1 amide bonds. The van der Waals surface area contributed by atoms with Gasteiger partial charge in [-0.3, -0.25) is 14.9 Å². The summed E-state index contributed by atoms with van der Waals surface area (Å²) in [6.45, 7) is 5.91. The molecule has 0 saturated carbocycles. The number of nitrogens with zero attached hydrogens (tertiary/aromatic N) is 1. The molecular weight excluding hydrogens is 246 g/mol.